The number of benzene rings is 2. The largest absolute Gasteiger partial charge is 0.478 e. The average Bonchev–Trinajstić information content (AvgIpc) is 2.39. The van der Waals surface area contributed by atoms with Gasteiger partial charge in [0.15, 0.2) is 0 Å². The Hall–Kier alpha value is -2.62. The second-order valence-electron chi connectivity index (χ2n) is 5.17. The van der Waals surface area contributed by atoms with Crippen LogP contribution in [0.25, 0.3) is 0 Å². The monoisotopic (exact) mass is 283 g/mol. The summed E-state index contributed by atoms with van der Waals surface area (Å²) in [7, 11) is 0. The van der Waals surface area contributed by atoms with Gasteiger partial charge in [-0.2, -0.15) is 0 Å². The van der Waals surface area contributed by atoms with E-state index in [1.165, 1.54) is 12.1 Å². The van der Waals surface area contributed by atoms with Gasteiger partial charge in [0.25, 0.3) is 5.91 Å². The number of carboxylic acid groups (broad SMARTS) is 1. The third-order valence-corrected chi connectivity index (χ3v) is 3.22. The van der Waals surface area contributed by atoms with E-state index in [1.807, 2.05) is 26.8 Å². The van der Waals surface area contributed by atoms with Crippen LogP contribution in [0.2, 0.25) is 0 Å². The highest BCUT2D eigenvalue weighted by atomic mass is 16.4. The fourth-order valence-corrected chi connectivity index (χ4v) is 2.19. The topological polar surface area (TPSA) is 66.4 Å². The number of hydrogen-bond acceptors (Lipinski definition) is 2. The van der Waals surface area contributed by atoms with Crippen molar-refractivity contribution in [1.29, 1.82) is 0 Å². The second-order valence-corrected chi connectivity index (χ2v) is 5.17. The van der Waals surface area contributed by atoms with Crippen LogP contribution in [0.5, 0.6) is 0 Å². The molecule has 21 heavy (non-hydrogen) atoms. The third-order valence-electron chi connectivity index (χ3n) is 3.22. The zero-order valence-electron chi connectivity index (χ0n) is 12.2. The Bertz CT molecular complexity index is 700. The highest BCUT2D eigenvalue weighted by Crippen LogP contribution is 2.19. The molecule has 0 aromatic heterocycles. The molecule has 0 bridgehead atoms. The lowest BCUT2D eigenvalue weighted by atomic mass is 10.1. The molecular formula is C17H17NO3. The molecule has 0 aliphatic rings. The number of carbonyl (C=O) groups is 2. The van der Waals surface area contributed by atoms with Crippen molar-refractivity contribution in [2.45, 2.75) is 20.8 Å². The average molecular weight is 283 g/mol. The molecular weight excluding hydrogens is 266 g/mol. The molecule has 0 heterocycles. The van der Waals surface area contributed by atoms with Crippen molar-refractivity contribution in [1.82, 2.24) is 0 Å². The summed E-state index contributed by atoms with van der Waals surface area (Å²) in [5, 5.41) is 11.8. The highest BCUT2D eigenvalue weighted by molar-refractivity contribution is 6.05. The summed E-state index contributed by atoms with van der Waals surface area (Å²) in [6, 6.07) is 10.3. The van der Waals surface area contributed by atoms with Gasteiger partial charge in [-0.15, -0.1) is 0 Å². The van der Waals surface area contributed by atoms with Crippen LogP contribution in [0.4, 0.5) is 5.69 Å². The van der Waals surface area contributed by atoms with E-state index >= 15 is 0 Å². The lowest BCUT2D eigenvalue weighted by Gasteiger charge is -2.10. The Morgan fingerprint density at radius 1 is 0.905 bits per heavy atom. The molecule has 4 heteroatoms. The molecule has 0 saturated heterocycles. The number of aromatic carboxylic acids is 1. The van der Waals surface area contributed by atoms with Crippen LogP contribution < -0.4 is 5.32 Å². The molecule has 2 rings (SSSR count). The number of amides is 1. The predicted molar refractivity (Wildman–Crippen MR) is 82.0 cm³/mol. The Kier molecular flexibility index (Phi) is 4.08. The van der Waals surface area contributed by atoms with Crippen molar-refractivity contribution in [3.05, 3.63) is 64.2 Å². The Morgan fingerprint density at radius 3 is 2.10 bits per heavy atom. The molecule has 2 aromatic rings. The summed E-state index contributed by atoms with van der Waals surface area (Å²) >= 11 is 0. The Morgan fingerprint density at radius 2 is 1.52 bits per heavy atom. The van der Waals surface area contributed by atoms with Gasteiger partial charge in [0.05, 0.1) is 5.56 Å². The second kappa shape index (κ2) is 5.79. The number of rotatable bonds is 3. The molecule has 0 unspecified atom stereocenters. The van der Waals surface area contributed by atoms with E-state index in [9.17, 15) is 9.59 Å². The van der Waals surface area contributed by atoms with Gasteiger partial charge in [-0.1, -0.05) is 23.3 Å². The van der Waals surface area contributed by atoms with Gasteiger partial charge < -0.3 is 10.4 Å². The first-order valence-corrected chi connectivity index (χ1v) is 6.60. The summed E-state index contributed by atoms with van der Waals surface area (Å²) in [5.74, 6) is -1.26. The van der Waals surface area contributed by atoms with E-state index in [1.54, 1.807) is 18.2 Å². The number of nitrogens with one attached hydrogen (secondary N) is 1. The molecule has 0 radical (unpaired) electrons. The molecule has 0 saturated carbocycles. The minimum absolute atomic E-state index is 0.149. The maximum atomic E-state index is 12.3. The molecule has 0 aliphatic heterocycles. The Balaban J connectivity index is 2.31. The zero-order valence-corrected chi connectivity index (χ0v) is 12.2. The van der Waals surface area contributed by atoms with Gasteiger partial charge in [0.1, 0.15) is 0 Å². The lowest BCUT2D eigenvalue weighted by molar-refractivity contribution is 0.0696. The van der Waals surface area contributed by atoms with Crippen LogP contribution in [0.15, 0.2) is 36.4 Å². The van der Waals surface area contributed by atoms with Crippen LogP contribution in [-0.2, 0) is 0 Å². The first-order valence-electron chi connectivity index (χ1n) is 6.60. The van der Waals surface area contributed by atoms with Gasteiger partial charge in [-0.25, -0.2) is 4.79 Å². The fraction of sp³-hybridized carbons (Fsp3) is 0.176. The molecule has 2 N–H and O–H groups in total. The molecule has 4 nitrogen and oxygen atoms in total. The molecule has 108 valence electrons. The summed E-state index contributed by atoms with van der Waals surface area (Å²) in [5.41, 5.74) is 4.06. The summed E-state index contributed by atoms with van der Waals surface area (Å²) in [6.45, 7) is 5.68. The van der Waals surface area contributed by atoms with Crippen LogP contribution in [0.3, 0.4) is 0 Å². The standard InChI is InChI=1S/C17H17NO3/c1-10-6-11(2)8-14(7-10)16(19)18-15-9-13(17(20)21)5-4-12(15)3/h4-9H,1-3H3,(H,18,19)(H,20,21). The third kappa shape index (κ3) is 3.48. The molecule has 0 atom stereocenters. The smallest absolute Gasteiger partial charge is 0.335 e. The normalized spacial score (nSPS) is 10.2. The number of carboxylic acids is 1. The Labute approximate surface area is 123 Å². The first kappa shape index (κ1) is 14.8. The molecule has 0 fully saturated rings. The fourth-order valence-electron chi connectivity index (χ4n) is 2.19. The quantitative estimate of drug-likeness (QED) is 0.905. The number of carbonyl (C=O) groups excluding carboxylic acids is 1. The van der Waals surface area contributed by atoms with E-state index < -0.39 is 5.97 Å². The summed E-state index contributed by atoms with van der Waals surface area (Å²) in [4.78, 5) is 23.3. The van der Waals surface area contributed by atoms with Gasteiger partial charge in [0, 0.05) is 11.3 Å². The highest BCUT2D eigenvalue weighted by Gasteiger charge is 2.11. The number of hydrogen-bond donors (Lipinski definition) is 2. The van der Waals surface area contributed by atoms with Crippen LogP contribution in [-0.4, -0.2) is 17.0 Å². The van der Waals surface area contributed by atoms with E-state index in [2.05, 4.69) is 5.32 Å². The van der Waals surface area contributed by atoms with Crippen LogP contribution >= 0.6 is 0 Å². The van der Waals surface area contributed by atoms with E-state index in [4.69, 9.17) is 5.11 Å². The van der Waals surface area contributed by atoms with Gasteiger partial charge in [0.2, 0.25) is 0 Å². The van der Waals surface area contributed by atoms with E-state index in [0.717, 1.165) is 16.7 Å². The van der Waals surface area contributed by atoms with Crippen molar-refractivity contribution in [3.63, 3.8) is 0 Å². The van der Waals surface area contributed by atoms with Crippen molar-refractivity contribution in [2.24, 2.45) is 0 Å². The summed E-state index contributed by atoms with van der Waals surface area (Å²) in [6.07, 6.45) is 0. The zero-order chi connectivity index (χ0) is 15.6. The molecule has 0 aliphatic carbocycles. The first-order chi connectivity index (χ1) is 9.86. The number of anilines is 1. The van der Waals surface area contributed by atoms with Crippen LogP contribution in [0, 0.1) is 20.8 Å². The molecule has 1 amide bonds. The maximum Gasteiger partial charge on any atom is 0.335 e. The van der Waals surface area contributed by atoms with E-state index in [0.29, 0.717) is 11.3 Å². The van der Waals surface area contributed by atoms with Crippen molar-refractivity contribution in [3.8, 4) is 0 Å². The summed E-state index contributed by atoms with van der Waals surface area (Å²) < 4.78 is 0. The maximum absolute atomic E-state index is 12.3. The van der Waals surface area contributed by atoms with E-state index in [-0.39, 0.29) is 11.5 Å². The minimum atomic E-state index is -1.02. The van der Waals surface area contributed by atoms with Gasteiger partial charge in [-0.05, 0) is 50.6 Å². The minimum Gasteiger partial charge on any atom is -0.478 e. The SMILES string of the molecule is Cc1cc(C)cc(C(=O)Nc2cc(C(=O)O)ccc2C)c1. The predicted octanol–water partition coefficient (Wildman–Crippen LogP) is 3.56. The van der Waals surface area contributed by atoms with Crippen molar-refractivity contribution >= 4 is 17.6 Å². The van der Waals surface area contributed by atoms with Crippen LogP contribution in [0.1, 0.15) is 37.4 Å². The van der Waals surface area contributed by atoms with Crippen molar-refractivity contribution < 1.29 is 14.7 Å². The lowest BCUT2D eigenvalue weighted by Crippen LogP contribution is -2.14. The molecule has 2 aromatic carbocycles. The van der Waals surface area contributed by atoms with Crippen molar-refractivity contribution in [2.75, 3.05) is 5.32 Å². The van der Waals surface area contributed by atoms with Gasteiger partial charge in [-0.3, -0.25) is 4.79 Å². The van der Waals surface area contributed by atoms with Gasteiger partial charge >= 0.3 is 5.97 Å². The molecule has 0 spiro atoms. The number of aryl methyl sites for hydroxylation is 3.